The minimum atomic E-state index is 0.686. The van der Waals surface area contributed by atoms with Crippen molar-refractivity contribution >= 4 is 11.9 Å². The minimum Gasteiger partial charge on any atom is -0.381 e. The molecule has 7 nitrogen and oxygen atoms in total. The van der Waals surface area contributed by atoms with Crippen LogP contribution in [0.15, 0.2) is 43.5 Å². The maximum Gasteiger partial charge on any atom is 0.143 e. The van der Waals surface area contributed by atoms with Crippen molar-refractivity contribution in [3.8, 4) is 5.69 Å². The smallest absolute Gasteiger partial charge is 0.143 e. The highest BCUT2D eigenvalue weighted by Crippen LogP contribution is 2.18. The van der Waals surface area contributed by atoms with Gasteiger partial charge in [0.05, 0.1) is 11.9 Å². The molecule has 0 aliphatic carbocycles. The summed E-state index contributed by atoms with van der Waals surface area (Å²) in [6.45, 7) is 6.38. The van der Waals surface area contributed by atoms with E-state index in [4.69, 9.17) is 0 Å². The third-order valence-electron chi connectivity index (χ3n) is 3.14. The van der Waals surface area contributed by atoms with Crippen LogP contribution in [0.25, 0.3) is 11.9 Å². The Kier molecular flexibility index (Phi) is 3.46. The third-order valence-corrected chi connectivity index (χ3v) is 3.14. The highest BCUT2D eigenvalue weighted by Gasteiger charge is 2.04. The van der Waals surface area contributed by atoms with Crippen LogP contribution in [0.5, 0.6) is 0 Å². The molecule has 2 aromatic heterocycles. The Labute approximate surface area is 121 Å². The molecule has 0 bridgehead atoms. The lowest BCUT2D eigenvalue weighted by atomic mass is 10.2. The highest BCUT2D eigenvalue weighted by atomic mass is 15.5. The predicted octanol–water partition coefficient (Wildman–Crippen LogP) is 1.88. The molecule has 0 fully saturated rings. The molecule has 0 amide bonds. The van der Waals surface area contributed by atoms with Gasteiger partial charge in [0.15, 0.2) is 0 Å². The maximum atomic E-state index is 4.15. The molecule has 2 heterocycles. The van der Waals surface area contributed by atoms with E-state index in [-0.39, 0.29) is 0 Å². The molecule has 3 aromatic rings. The van der Waals surface area contributed by atoms with Gasteiger partial charge in [0.1, 0.15) is 6.33 Å². The second-order valence-corrected chi connectivity index (χ2v) is 4.62. The van der Waals surface area contributed by atoms with Crippen LogP contribution in [0.3, 0.4) is 0 Å². The van der Waals surface area contributed by atoms with Crippen molar-refractivity contribution in [3.05, 3.63) is 54.6 Å². The molecule has 0 unspecified atom stereocenters. The van der Waals surface area contributed by atoms with E-state index in [2.05, 4.69) is 32.5 Å². The van der Waals surface area contributed by atoms with Crippen molar-refractivity contribution in [2.24, 2.45) is 0 Å². The van der Waals surface area contributed by atoms with Gasteiger partial charge in [-0.2, -0.15) is 5.10 Å². The Morgan fingerprint density at radius 3 is 3.00 bits per heavy atom. The first-order valence-corrected chi connectivity index (χ1v) is 6.50. The fraction of sp³-hybridized carbons (Fsp3) is 0.143. The Bertz CT molecular complexity index is 743. The molecule has 0 aliphatic heterocycles. The van der Waals surface area contributed by atoms with Gasteiger partial charge in [0.2, 0.25) is 0 Å². The number of aromatic nitrogens is 6. The van der Waals surface area contributed by atoms with Crippen LogP contribution in [0.2, 0.25) is 0 Å². The summed E-state index contributed by atoms with van der Waals surface area (Å²) in [5.41, 5.74) is 4.14. The van der Waals surface area contributed by atoms with Gasteiger partial charge in [-0.15, -0.1) is 5.10 Å². The van der Waals surface area contributed by atoms with Gasteiger partial charge in [0, 0.05) is 30.2 Å². The Hall–Kier alpha value is -2.96. The largest absolute Gasteiger partial charge is 0.381 e. The highest BCUT2D eigenvalue weighted by molar-refractivity contribution is 5.54. The molecule has 0 saturated carbocycles. The zero-order chi connectivity index (χ0) is 14.7. The van der Waals surface area contributed by atoms with Gasteiger partial charge in [-0.05, 0) is 35.0 Å². The molecule has 0 atom stereocenters. The minimum absolute atomic E-state index is 0.686. The summed E-state index contributed by atoms with van der Waals surface area (Å²) in [6.07, 6.45) is 6.98. The lowest BCUT2D eigenvalue weighted by Crippen LogP contribution is -2.02. The van der Waals surface area contributed by atoms with Crippen LogP contribution < -0.4 is 5.32 Å². The summed E-state index contributed by atoms with van der Waals surface area (Å²) in [7, 11) is 0. The second-order valence-electron chi connectivity index (χ2n) is 4.62. The number of aryl methyl sites for hydroxylation is 1. The van der Waals surface area contributed by atoms with E-state index in [0.29, 0.717) is 6.54 Å². The van der Waals surface area contributed by atoms with Crippen LogP contribution in [0, 0.1) is 6.92 Å². The van der Waals surface area contributed by atoms with Crippen LogP contribution in [0.1, 0.15) is 11.1 Å². The molecule has 0 spiro atoms. The molecular formula is C14H15N7. The molecule has 0 radical (unpaired) electrons. The monoisotopic (exact) mass is 281 g/mol. The van der Waals surface area contributed by atoms with Gasteiger partial charge < -0.3 is 5.32 Å². The number of anilines is 1. The van der Waals surface area contributed by atoms with Gasteiger partial charge in [-0.1, -0.05) is 12.6 Å². The number of rotatable bonds is 5. The molecule has 106 valence electrons. The average Bonchev–Trinajstić information content (AvgIpc) is 3.18. The lowest BCUT2D eigenvalue weighted by molar-refractivity contribution is 0.785. The molecule has 1 N–H and O–H groups in total. The van der Waals surface area contributed by atoms with Crippen molar-refractivity contribution in [2.45, 2.75) is 13.5 Å². The molecule has 21 heavy (non-hydrogen) atoms. The lowest BCUT2D eigenvalue weighted by Gasteiger charge is -2.09. The first kappa shape index (κ1) is 13.0. The first-order chi connectivity index (χ1) is 10.3. The van der Waals surface area contributed by atoms with E-state index < -0.39 is 0 Å². The van der Waals surface area contributed by atoms with E-state index in [0.717, 1.165) is 22.5 Å². The molecule has 0 saturated heterocycles. The van der Waals surface area contributed by atoms with Crippen molar-refractivity contribution in [3.63, 3.8) is 0 Å². The summed E-state index contributed by atoms with van der Waals surface area (Å²) in [4.78, 5) is 0. The fourth-order valence-corrected chi connectivity index (χ4v) is 2.01. The van der Waals surface area contributed by atoms with Gasteiger partial charge >= 0.3 is 0 Å². The first-order valence-electron chi connectivity index (χ1n) is 6.50. The zero-order valence-electron chi connectivity index (χ0n) is 11.6. The molecule has 7 heteroatoms. The molecule has 3 rings (SSSR count). The number of nitrogens with one attached hydrogen (secondary N) is 1. The number of nitrogens with zero attached hydrogens (tertiary/aromatic N) is 6. The van der Waals surface area contributed by atoms with E-state index >= 15 is 0 Å². The van der Waals surface area contributed by atoms with Gasteiger partial charge in [0.25, 0.3) is 0 Å². The summed E-state index contributed by atoms with van der Waals surface area (Å²) in [6, 6.07) is 6.08. The third kappa shape index (κ3) is 2.81. The number of tetrazole rings is 1. The number of benzene rings is 1. The van der Waals surface area contributed by atoms with Crippen molar-refractivity contribution in [1.29, 1.82) is 0 Å². The second kappa shape index (κ2) is 5.58. The Morgan fingerprint density at radius 2 is 2.29 bits per heavy atom. The van der Waals surface area contributed by atoms with Crippen LogP contribution in [-0.2, 0) is 6.54 Å². The van der Waals surface area contributed by atoms with Crippen molar-refractivity contribution in [1.82, 2.24) is 30.0 Å². The molecule has 0 aliphatic rings. The fourth-order valence-electron chi connectivity index (χ4n) is 2.01. The SMILES string of the molecule is C=Cn1cc(CNc2ccc(C)c(-n3cnnn3)c2)cn1. The molecule has 1 aromatic carbocycles. The van der Waals surface area contributed by atoms with Gasteiger partial charge in [-0.25, -0.2) is 9.36 Å². The molecular weight excluding hydrogens is 266 g/mol. The van der Waals surface area contributed by atoms with Gasteiger partial charge in [-0.3, -0.25) is 0 Å². The average molecular weight is 281 g/mol. The van der Waals surface area contributed by atoms with Crippen LogP contribution in [0.4, 0.5) is 5.69 Å². The maximum absolute atomic E-state index is 4.15. The van der Waals surface area contributed by atoms with Crippen LogP contribution >= 0.6 is 0 Å². The topological polar surface area (TPSA) is 73.5 Å². The quantitative estimate of drug-likeness (QED) is 0.773. The normalized spacial score (nSPS) is 10.5. The van der Waals surface area contributed by atoms with E-state index in [9.17, 15) is 0 Å². The number of hydrogen-bond donors (Lipinski definition) is 1. The Morgan fingerprint density at radius 1 is 1.38 bits per heavy atom. The van der Waals surface area contributed by atoms with Crippen molar-refractivity contribution < 1.29 is 0 Å². The summed E-state index contributed by atoms with van der Waals surface area (Å²) in [5, 5.41) is 18.8. The zero-order valence-corrected chi connectivity index (χ0v) is 11.6. The summed E-state index contributed by atoms with van der Waals surface area (Å²) < 4.78 is 3.33. The summed E-state index contributed by atoms with van der Waals surface area (Å²) in [5.74, 6) is 0. The van der Waals surface area contributed by atoms with Crippen LogP contribution in [-0.4, -0.2) is 30.0 Å². The Balaban J connectivity index is 1.77. The van der Waals surface area contributed by atoms with E-state index in [1.807, 2.05) is 37.5 Å². The van der Waals surface area contributed by atoms with E-state index in [1.54, 1.807) is 21.9 Å². The number of hydrogen-bond acceptors (Lipinski definition) is 5. The summed E-state index contributed by atoms with van der Waals surface area (Å²) >= 11 is 0. The standard InChI is InChI=1S/C14H15N7/c1-3-20-9-12(8-17-20)7-15-13-5-4-11(2)14(6-13)21-10-16-18-19-21/h3-6,8-10,15H,1,7H2,2H3. The predicted molar refractivity (Wildman–Crippen MR) is 79.8 cm³/mol. The van der Waals surface area contributed by atoms with E-state index in [1.165, 1.54) is 0 Å². The van der Waals surface area contributed by atoms with Crippen molar-refractivity contribution in [2.75, 3.05) is 5.32 Å².